The van der Waals surface area contributed by atoms with Crippen LogP contribution in [0.4, 0.5) is 0 Å². The molecule has 0 heterocycles. The Morgan fingerprint density at radius 2 is 1.48 bits per heavy atom. The molecule has 0 amide bonds. The first-order valence-corrected chi connectivity index (χ1v) is 8.80. The standard InChI is InChI=1S/C17H35NO5/c1-4-6-7-16(5-2)17(19)23-15-14-22-13-12-21-11-10-20-9-8-18-3/h16,18H,4-15H2,1-3H3. The fourth-order valence-electron chi connectivity index (χ4n) is 1.97. The third-order valence-electron chi connectivity index (χ3n) is 3.44. The number of nitrogens with one attached hydrogen (secondary N) is 1. The van der Waals surface area contributed by atoms with Gasteiger partial charge in [0.1, 0.15) is 6.61 Å². The van der Waals surface area contributed by atoms with E-state index in [9.17, 15) is 4.79 Å². The maximum absolute atomic E-state index is 11.8. The number of ether oxygens (including phenoxy) is 4. The van der Waals surface area contributed by atoms with E-state index in [4.69, 9.17) is 18.9 Å². The maximum Gasteiger partial charge on any atom is 0.308 e. The number of unbranched alkanes of at least 4 members (excludes halogenated alkanes) is 1. The van der Waals surface area contributed by atoms with Crippen LogP contribution in [-0.4, -0.2) is 65.8 Å². The van der Waals surface area contributed by atoms with Gasteiger partial charge < -0.3 is 24.3 Å². The molecule has 1 atom stereocenters. The molecule has 0 aromatic carbocycles. The van der Waals surface area contributed by atoms with Crippen LogP contribution in [0, 0.1) is 5.92 Å². The Labute approximate surface area is 141 Å². The lowest BCUT2D eigenvalue weighted by atomic mass is 10.00. The zero-order valence-electron chi connectivity index (χ0n) is 15.1. The highest BCUT2D eigenvalue weighted by atomic mass is 16.6. The number of carbonyl (C=O) groups is 1. The first-order chi connectivity index (χ1) is 11.3. The Kier molecular flexibility index (Phi) is 17.1. The van der Waals surface area contributed by atoms with E-state index < -0.39 is 0 Å². The van der Waals surface area contributed by atoms with Crippen molar-refractivity contribution in [2.75, 3.05) is 59.8 Å². The number of rotatable bonds is 17. The van der Waals surface area contributed by atoms with E-state index >= 15 is 0 Å². The Hall–Kier alpha value is -0.690. The molecule has 0 aromatic heterocycles. The van der Waals surface area contributed by atoms with E-state index in [0.29, 0.717) is 46.2 Å². The van der Waals surface area contributed by atoms with Crippen molar-refractivity contribution in [3.05, 3.63) is 0 Å². The van der Waals surface area contributed by atoms with E-state index in [2.05, 4.69) is 12.2 Å². The van der Waals surface area contributed by atoms with E-state index in [1.807, 2.05) is 14.0 Å². The van der Waals surface area contributed by atoms with Crippen molar-refractivity contribution in [2.45, 2.75) is 39.5 Å². The van der Waals surface area contributed by atoms with Crippen LogP contribution in [-0.2, 0) is 23.7 Å². The van der Waals surface area contributed by atoms with Gasteiger partial charge in [-0.25, -0.2) is 0 Å². The van der Waals surface area contributed by atoms with Gasteiger partial charge in [-0.3, -0.25) is 4.79 Å². The van der Waals surface area contributed by atoms with Crippen LogP contribution < -0.4 is 5.32 Å². The van der Waals surface area contributed by atoms with Crippen molar-refractivity contribution in [1.29, 1.82) is 0 Å². The van der Waals surface area contributed by atoms with Crippen molar-refractivity contribution in [1.82, 2.24) is 5.32 Å². The molecule has 6 heteroatoms. The summed E-state index contributed by atoms with van der Waals surface area (Å²) >= 11 is 0. The summed E-state index contributed by atoms with van der Waals surface area (Å²) < 4.78 is 21.3. The van der Waals surface area contributed by atoms with Gasteiger partial charge in [0.25, 0.3) is 0 Å². The zero-order valence-corrected chi connectivity index (χ0v) is 15.1. The van der Waals surface area contributed by atoms with Crippen molar-refractivity contribution in [2.24, 2.45) is 5.92 Å². The molecule has 0 aliphatic rings. The van der Waals surface area contributed by atoms with Gasteiger partial charge in [0.15, 0.2) is 0 Å². The average Bonchev–Trinajstić information content (AvgIpc) is 2.56. The minimum Gasteiger partial charge on any atom is -0.463 e. The molecule has 0 radical (unpaired) electrons. The summed E-state index contributed by atoms with van der Waals surface area (Å²) in [5, 5.41) is 3.01. The van der Waals surface area contributed by atoms with Crippen LogP contribution in [0.15, 0.2) is 0 Å². The molecule has 0 saturated carbocycles. The Bertz CT molecular complexity index is 263. The van der Waals surface area contributed by atoms with Crippen LogP contribution in [0.25, 0.3) is 0 Å². The molecule has 1 N–H and O–H groups in total. The molecular weight excluding hydrogens is 298 g/mol. The van der Waals surface area contributed by atoms with Crippen molar-refractivity contribution < 1.29 is 23.7 Å². The van der Waals surface area contributed by atoms with Crippen LogP contribution in [0.2, 0.25) is 0 Å². The van der Waals surface area contributed by atoms with Crippen LogP contribution in [0.3, 0.4) is 0 Å². The number of hydrogen-bond acceptors (Lipinski definition) is 6. The molecule has 0 aliphatic heterocycles. The van der Waals surface area contributed by atoms with Gasteiger partial charge >= 0.3 is 5.97 Å². The first-order valence-electron chi connectivity index (χ1n) is 8.80. The normalized spacial score (nSPS) is 12.3. The summed E-state index contributed by atoms with van der Waals surface area (Å²) in [5.41, 5.74) is 0. The lowest BCUT2D eigenvalue weighted by Gasteiger charge is -2.13. The second-order valence-electron chi connectivity index (χ2n) is 5.36. The first kappa shape index (κ1) is 22.3. The monoisotopic (exact) mass is 333 g/mol. The number of carbonyl (C=O) groups excluding carboxylic acids is 1. The van der Waals surface area contributed by atoms with Gasteiger partial charge in [-0.15, -0.1) is 0 Å². The molecular formula is C17H35NO5. The second kappa shape index (κ2) is 17.7. The van der Waals surface area contributed by atoms with Gasteiger partial charge in [-0.2, -0.15) is 0 Å². The summed E-state index contributed by atoms with van der Waals surface area (Å²) in [6, 6.07) is 0. The predicted molar refractivity (Wildman–Crippen MR) is 90.6 cm³/mol. The SMILES string of the molecule is CCCCC(CC)C(=O)OCCOCCOCCOCCNC. The molecule has 0 bridgehead atoms. The smallest absolute Gasteiger partial charge is 0.308 e. The van der Waals surface area contributed by atoms with Crippen LogP contribution in [0.1, 0.15) is 39.5 Å². The van der Waals surface area contributed by atoms with Crippen molar-refractivity contribution in [3.63, 3.8) is 0 Å². The second-order valence-corrected chi connectivity index (χ2v) is 5.36. The highest BCUT2D eigenvalue weighted by Gasteiger charge is 2.16. The van der Waals surface area contributed by atoms with Crippen LogP contribution >= 0.6 is 0 Å². The average molecular weight is 333 g/mol. The molecule has 0 aliphatic carbocycles. The number of likely N-dealkylation sites (N-methyl/N-ethyl adjacent to an activating group) is 1. The predicted octanol–water partition coefficient (Wildman–Crippen LogP) is 2.02. The molecule has 23 heavy (non-hydrogen) atoms. The highest BCUT2D eigenvalue weighted by Crippen LogP contribution is 2.14. The lowest BCUT2D eigenvalue weighted by Crippen LogP contribution is -2.20. The van der Waals surface area contributed by atoms with Gasteiger partial charge in [-0.05, 0) is 19.9 Å². The van der Waals surface area contributed by atoms with E-state index in [1.165, 1.54) is 0 Å². The Morgan fingerprint density at radius 1 is 0.913 bits per heavy atom. The van der Waals surface area contributed by atoms with Crippen molar-refractivity contribution in [3.8, 4) is 0 Å². The Balaban J connectivity index is 3.33. The fourth-order valence-corrected chi connectivity index (χ4v) is 1.97. The molecule has 1 unspecified atom stereocenters. The van der Waals surface area contributed by atoms with Crippen molar-refractivity contribution >= 4 is 5.97 Å². The molecule has 0 aromatic rings. The largest absolute Gasteiger partial charge is 0.463 e. The summed E-state index contributed by atoms with van der Waals surface area (Å²) in [5.74, 6) is -0.0688. The van der Waals surface area contributed by atoms with Gasteiger partial charge in [-0.1, -0.05) is 26.7 Å². The molecule has 6 nitrogen and oxygen atoms in total. The molecule has 0 spiro atoms. The topological polar surface area (TPSA) is 66.0 Å². The van der Waals surface area contributed by atoms with Gasteiger partial charge in [0, 0.05) is 6.54 Å². The summed E-state index contributed by atoms with van der Waals surface area (Å²) in [6.07, 6.45) is 3.92. The van der Waals surface area contributed by atoms with Gasteiger partial charge in [0.05, 0.1) is 45.6 Å². The van der Waals surface area contributed by atoms with Crippen LogP contribution in [0.5, 0.6) is 0 Å². The third kappa shape index (κ3) is 14.6. The fraction of sp³-hybridized carbons (Fsp3) is 0.941. The highest BCUT2D eigenvalue weighted by molar-refractivity contribution is 5.72. The third-order valence-corrected chi connectivity index (χ3v) is 3.44. The number of hydrogen-bond donors (Lipinski definition) is 1. The molecule has 138 valence electrons. The quantitative estimate of drug-likeness (QED) is 0.324. The van der Waals surface area contributed by atoms with Gasteiger partial charge in [0.2, 0.25) is 0 Å². The van der Waals surface area contributed by atoms with E-state index in [1.54, 1.807) is 0 Å². The molecule has 0 saturated heterocycles. The molecule has 0 rings (SSSR count). The zero-order chi connectivity index (χ0) is 17.2. The minimum atomic E-state index is -0.0977. The maximum atomic E-state index is 11.8. The van der Waals surface area contributed by atoms with E-state index in [-0.39, 0.29) is 11.9 Å². The Morgan fingerprint density at radius 3 is 2.00 bits per heavy atom. The summed E-state index contributed by atoms with van der Waals surface area (Å²) in [4.78, 5) is 11.8. The minimum absolute atomic E-state index is 0.0289. The molecule has 0 fully saturated rings. The van der Waals surface area contributed by atoms with E-state index in [0.717, 1.165) is 32.2 Å². The number of esters is 1. The lowest BCUT2D eigenvalue weighted by molar-refractivity contribution is -0.150. The summed E-state index contributed by atoms with van der Waals surface area (Å²) in [6.45, 7) is 8.61. The summed E-state index contributed by atoms with van der Waals surface area (Å²) in [7, 11) is 1.89.